The van der Waals surface area contributed by atoms with Crippen LogP contribution in [0.15, 0.2) is 36.4 Å². The summed E-state index contributed by atoms with van der Waals surface area (Å²) in [6.07, 6.45) is 0. The fraction of sp³-hybridized carbons (Fsp3) is 0. The lowest BCUT2D eigenvalue weighted by atomic mass is 10.0. The first kappa shape index (κ1) is 12.8. The second-order valence-electron chi connectivity index (χ2n) is 3.52. The van der Waals surface area contributed by atoms with E-state index in [0.717, 1.165) is 6.07 Å². The molecule has 0 fully saturated rings. The van der Waals surface area contributed by atoms with Gasteiger partial charge in [0.1, 0.15) is 0 Å². The van der Waals surface area contributed by atoms with Gasteiger partial charge in [-0.2, -0.15) is 4.39 Å². The van der Waals surface area contributed by atoms with Gasteiger partial charge in [0.25, 0.3) is 0 Å². The van der Waals surface area contributed by atoms with Crippen molar-refractivity contribution < 1.29 is 9.31 Å². The van der Waals surface area contributed by atoms with Crippen molar-refractivity contribution in [2.45, 2.75) is 0 Å². The van der Waals surface area contributed by atoms with Gasteiger partial charge in [-0.05, 0) is 30.3 Å². The Morgan fingerprint density at radius 3 is 2.50 bits per heavy atom. The Morgan fingerprint density at radius 1 is 1.11 bits per heavy atom. The van der Waals surface area contributed by atoms with Gasteiger partial charge in [-0.3, -0.25) is 10.1 Å². The zero-order chi connectivity index (χ0) is 13.3. The van der Waals surface area contributed by atoms with Crippen molar-refractivity contribution in [1.82, 2.24) is 0 Å². The highest BCUT2D eigenvalue weighted by molar-refractivity contribution is 6.35. The number of halogens is 3. The Kier molecular flexibility index (Phi) is 3.50. The van der Waals surface area contributed by atoms with E-state index in [9.17, 15) is 14.5 Å². The molecule has 0 bridgehead atoms. The molecule has 0 unspecified atom stereocenters. The number of nitrogens with zero attached hydrogens (tertiary/aromatic N) is 1. The largest absolute Gasteiger partial charge is 0.312 e. The van der Waals surface area contributed by atoms with Crippen LogP contribution in [0.1, 0.15) is 0 Å². The van der Waals surface area contributed by atoms with Crippen molar-refractivity contribution in [2.75, 3.05) is 0 Å². The summed E-state index contributed by atoms with van der Waals surface area (Å²) in [6, 6.07) is 8.37. The van der Waals surface area contributed by atoms with Crippen LogP contribution in [0.2, 0.25) is 10.0 Å². The molecule has 6 heteroatoms. The zero-order valence-corrected chi connectivity index (χ0v) is 10.4. The summed E-state index contributed by atoms with van der Waals surface area (Å²) < 4.78 is 13.5. The van der Waals surface area contributed by atoms with Crippen molar-refractivity contribution in [3.8, 4) is 11.1 Å². The number of hydrogen-bond donors (Lipinski definition) is 0. The number of nitro groups is 1. The first-order chi connectivity index (χ1) is 8.50. The molecule has 0 heterocycles. The molecule has 0 aliphatic rings. The van der Waals surface area contributed by atoms with Crippen LogP contribution in [-0.2, 0) is 0 Å². The highest BCUT2D eigenvalue weighted by atomic mass is 35.5. The first-order valence-corrected chi connectivity index (χ1v) is 5.64. The standard InChI is InChI=1S/C12H6Cl2FNO2/c13-7-4-5-10(14)9(6-7)8-2-1-3-11(15)12(8)16(17)18/h1-6H. The third-order valence-corrected chi connectivity index (χ3v) is 2.95. The average molecular weight is 286 g/mol. The summed E-state index contributed by atoms with van der Waals surface area (Å²) >= 11 is 11.8. The van der Waals surface area contributed by atoms with E-state index in [4.69, 9.17) is 23.2 Å². The second kappa shape index (κ2) is 4.92. The van der Waals surface area contributed by atoms with Gasteiger partial charge in [-0.25, -0.2) is 0 Å². The lowest BCUT2D eigenvalue weighted by Gasteiger charge is -2.06. The lowest BCUT2D eigenvalue weighted by Crippen LogP contribution is -1.96. The predicted molar refractivity (Wildman–Crippen MR) is 68.5 cm³/mol. The maximum Gasteiger partial charge on any atom is 0.312 e. The number of para-hydroxylation sites is 1. The quantitative estimate of drug-likeness (QED) is 0.592. The monoisotopic (exact) mass is 285 g/mol. The summed E-state index contributed by atoms with van der Waals surface area (Å²) in [4.78, 5) is 10.1. The number of rotatable bonds is 2. The molecule has 0 spiro atoms. The molecule has 0 saturated heterocycles. The minimum atomic E-state index is -0.909. The second-order valence-corrected chi connectivity index (χ2v) is 4.36. The smallest absolute Gasteiger partial charge is 0.258 e. The molecule has 3 nitrogen and oxygen atoms in total. The molecule has 0 amide bonds. The molecule has 0 saturated carbocycles. The molecule has 0 N–H and O–H groups in total. The normalized spacial score (nSPS) is 10.4. The van der Waals surface area contributed by atoms with Gasteiger partial charge in [0.2, 0.25) is 5.82 Å². The van der Waals surface area contributed by atoms with Crippen LogP contribution in [0.25, 0.3) is 11.1 Å². The molecular formula is C12H6Cl2FNO2. The molecular weight excluding hydrogens is 280 g/mol. The highest BCUT2D eigenvalue weighted by Gasteiger charge is 2.22. The fourth-order valence-corrected chi connectivity index (χ4v) is 2.01. The van der Waals surface area contributed by atoms with E-state index in [-0.39, 0.29) is 10.6 Å². The number of benzene rings is 2. The van der Waals surface area contributed by atoms with Gasteiger partial charge in [0.05, 0.1) is 10.5 Å². The van der Waals surface area contributed by atoms with Crippen LogP contribution in [-0.4, -0.2) is 4.92 Å². The Morgan fingerprint density at radius 2 is 1.83 bits per heavy atom. The molecule has 0 aliphatic heterocycles. The summed E-state index contributed by atoms with van der Waals surface area (Å²) in [6.45, 7) is 0. The van der Waals surface area contributed by atoms with E-state index in [2.05, 4.69) is 0 Å². The van der Waals surface area contributed by atoms with E-state index in [0.29, 0.717) is 10.6 Å². The zero-order valence-electron chi connectivity index (χ0n) is 8.86. The molecule has 18 heavy (non-hydrogen) atoms. The molecule has 0 atom stereocenters. The topological polar surface area (TPSA) is 43.1 Å². The van der Waals surface area contributed by atoms with Crippen LogP contribution < -0.4 is 0 Å². The van der Waals surface area contributed by atoms with Gasteiger partial charge in [0.15, 0.2) is 0 Å². The third-order valence-electron chi connectivity index (χ3n) is 2.39. The van der Waals surface area contributed by atoms with Gasteiger partial charge < -0.3 is 0 Å². The minimum absolute atomic E-state index is 0.104. The molecule has 0 aromatic heterocycles. The summed E-state index contributed by atoms with van der Waals surface area (Å²) in [5.74, 6) is -0.909. The maximum absolute atomic E-state index is 13.5. The lowest BCUT2D eigenvalue weighted by molar-refractivity contribution is -0.386. The van der Waals surface area contributed by atoms with Crippen LogP contribution in [0, 0.1) is 15.9 Å². The molecule has 2 rings (SSSR count). The average Bonchev–Trinajstić information content (AvgIpc) is 2.31. The van der Waals surface area contributed by atoms with E-state index in [1.807, 2.05) is 0 Å². The van der Waals surface area contributed by atoms with Crippen LogP contribution >= 0.6 is 23.2 Å². The van der Waals surface area contributed by atoms with E-state index >= 15 is 0 Å². The Balaban J connectivity index is 2.75. The van der Waals surface area contributed by atoms with Crippen LogP contribution in [0.3, 0.4) is 0 Å². The van der Waals surface area contributed by atoms with Crippen molar-refractivity contribution >= 4 is 28.9 Å². The van der Waals surface area contributed by atoms with Crippen LogP contribution in [0.5, 0.6) is 0 Å². The minimum Gasteiger partial charge on any atom is -0.258 e. The summed E-state index contributed by atoms with van der Waals surface area (Å²) in [5, 5.41) is 11.5. The van der Waals surface area contributed by atoms with Crippen LogP contribution in [0.4, 0.5) is 10.1 Å². The van der Waals surface area contributed by atoms with Crippen molar-refractivity contribution in [2.24, 2.45) is 0 Å². The van der Waals surface area contributed by atoms with E-state index < -0.39 is 16.4 Å². The Labute approximate surface area is 112 Å². The molecule has 2 aromatic carbocycles. The Hall–Kier alpha value is -1.65. The number of nitro benzene ring substituents is 1. The van der Waals surface area contributed by atoms with Crippen molar-refractivity contribution in [1.29, 1.82) is 0 Å². The Bertz CT molecular complexity index is 631. The molecule has 2 aromatic rings. The fourth-order valence-electron chi connectivity index (χ4n) is 1.62. The number of hydrogen-bond acceptors (Lipinski definition) is 2. The van der Waals surface area contributed by atoms with Gasteiger partial charge in [-0.1, -0.05) is 29.3 Å². The third kappa shape index (κ3) is 2.30. The predicted octanol–water partition coefficient (Wildman–Crippen LogP) is 4.71. The maximum atomic E-state index is 13.5. The van der Waals surface area contributed by atoms with Gasteiger partial charge in [-0.15, -0.1) is 0 Å². The van der Waals surface area contributed by atoms with Crippen molar-refractivity contribution in [3.63, 3.8) is 0 Å². The first-order valence-electron chi connectivity index (χ1n) is 4.89. The van der Waals surface area contributed by atoms with E-state index in [1.165, 1.54) is 24.3 Å². The van der Waals surface area contributed by atoms with Crippen molar-refractivity contribution in [3.05, 3.63) is 62.4 Å². The molecule has 92 valence electrons. The van der Waals surface area contributed by atoms with Gasteiger partial charge >= 0.3 is 5.69 Å². The van der Waals surface area contributed by atoms with Gasteiger partial charge in [0, 0.05) is 15.6 Å². The summed E-state index contributed by atoms with van der Waals surface area (Å²) in [5.41, 5.74) is -0.176. The summed E-state index contributed by atoms with van der Waals surface area (Å²) in [7, 11) is 0. The van der Waals surface area contributed by atoms with E-state index in [1.54, 1.807) is 6.07 Å². The SMILES string of the molecule is O=[N+]([O-])c1c(F)cccc1-c1cc(Cl)ccc1Cl. The molecule has 0 radical (unpaired) electrons. The molecule has 0 aliphatic carbocycles. The highest BCUT2D eigenvalue weighted by Crippen LogP contribution is 2.37.